The molecule has 0 saturated heterocycles. The van der Waals surface area contributed by atoms with Crippen LogP contribution in [0, 0.1) is 12.3 Å². The topological polar surface area (TPSA) is 82.5 Å². The van der Waals surface area contributed by atoms with Gasteiger partial charge < -0.3 is 15.3 Å². The Kier molecular flexibility index (Phi) is 5.35. The molecule has 1 aromatic heterocycles. The largest absolute Gasteiger partial charge is 0.476 e. The fourth-order valence-electron chi connectivity index (χ4n) is 1.50. The average molecular weight is 261 g/mol. The Labute approximate surface area is 111 Å². The van der Waals surface area contributed by atoms with Crippen molar-refractivity contribution in [2.75, 3.05) is 18.4 Å². The molecule has 0 aromatic carbocycles. The number of aromatic nitrogens is 1. The Morgan fingerprint density at radius 1 is 1.58 bits per heavy atom. The SMILES string of the molecule is C#CCN(CCC)C(=O)Nc1cccnc1C(=O)O. The Hall–Kier alpha value is -2.55. The van der Waals surface area contributed by atoms with Crippen molar-refractivity contribution in [3.05, 3.63) is 24.0 Å². The molecule has 0 aliphatic carbocycles. The summed E-state index contributed by atoms with van der Waals surface area (Å²) in [5.41, 5.74) is -0.0499. The average Bonchev–Trinajstić information content (AvgIpc) is 2.38. The minimum absolute atomic E-state index is 0.151. The Bertz CT molecular complexity index is 508. The molecule has 0 radical (unpaired) electrons. The van der Waals surface area contributed by atoms with E-state index in [1.54, 1.807) is 6.07 Å². The van der Waals surface area contributed by atoms with Gasteiger partial charge in [-0.3, -0.25) is 0 Å². The maximum atomic E-state index is 12.0. The molecule has 2 N–H and O–H groups in total. The number of carboxylic acid groups (broad SMARTS) is 1. The fraction of sp³-hybridized carbons (Fsp3) is 0.308. The van der Waals surface area contributed by atoms with E-state index in [4.69, 9.17) is 11.5 Å². The number of hydrogen-bond donors (Lipinski definition) is 2. The van der Waals surface area contributed by atoms with Crippen molar-refractivity contribution in [1.29, 1.82) is 0 Å². The lowest BCUT2D eigenvalue weighted by Gasteiger charge is -2.20. The minimum Gasteiger partial charge on any atom is -0.476 e. The lowest BCUT2D eigenvalue weighted by atomic mass is 10.3. The molecule has 19 heavy (non-hydrogen) atoms. The molecule has 1 heterocycles. The molecule has 0 aliphatic heterocycles. The summed E-state index contributed by atoms with van der Waals surface area (Å²) >= 11 is 0. The van der Waals surface area contributed by atoms with E-state index < -0.39 is 12.0 Å². The molecule has 6 heteroatoms. The van der Waals surface area contributed by atoms with Gasteiger partial charge in [0.15, 0.2) is 5.69 Å². The van der Waals surface area contributed by atoms with Crippen LogP contribution in [0.2, 0.25) is 0 Å². The van der Waals surface area contributed by atoms with Gasteiger partial charge in [-0.05, 0) is 18.6 Å². The van der Waals surface area contributed by atoms with Crippen molar-refractivity contribution in [3.63, 3.8) is 0 Å². The number of rotatable bonds is 5. The highest BCUT2D eigenvalue weighted by Crippen LogP contribution is 2.12. The van der Waals surface area contributed by atoms with Crippen LogP contribution in [-0.2, 0) is 0 Å². The van der Waals surface area contributed by atoms with Gasteiger partial charge in [-0.25, -0.2) is 14.6 Å². The van der Waals surface area contributed by atoms with Gasteiger partial charge in [0.1, 0.15) is 0 Å². The molecule has 1 aromatic rings. The Morgan fingerprint density at radius 2 is 2.32 bits per heavy atom. The first-order valence-electron chi connectivity index (χ1n) is 5.77. The number of nitrogens with one attached hydrogen (secondary N) is 1. The zero-order valence-electron chi connectivity index (χ0n) is 10.6. The summed E-state index contributed by atoms with van der Waals surface area (Å²) in [5, 5.41) is 11.5. The van der Waals surface area contributed by atoms with Crippen LogP contribution in [0.25, 0.3) is 0 Å². The van der Waals surface area contributed by atoms with Crippen LogP contribution in [-0.4, -0.2) is 40.1 Å². The maximum absolute atomic E-state index is 12.0. The van der Waals surface area contributed by atoms with Gasteiger partial charge in [-0.15, -0.1) is 6.42 Å². The molecule has 0 spiro atoms. The number of pyridine rings is 1. The van der Waals surface area contributed by atoms with Crippen LogP contribution >= 0.6 is 0 Å². The zero-order chi connectivity index (χ0) is 14.3. The molecular weight excluding hydrogens is 246 g/mol. The zero-order valence-corrected chi connectivity index (χ0v) is 10.6. The first-order chi connectivity index (χ1) is 9.10. The molecule has 1 rings (SSSR count). The first kappa shape index (κ1) is 14.5. The molecule has 0 aliphatic rings. The number of carbonyl (C=O) groups excluding carboxylic acids is 1. The fourth-order valence-corrected chi connectivity index (χ4v) is 1.50. The van der Waals surface area contributed by atoms with Gasteiger partial charge >= 0.3 is 12.0 Å². The van der Waals surface area contributed by atoms with Crippen LogP contribution in [0.1, 0.15) is 23.8 Å². The number of carboxylic acids is 1. The van der Waals surface area contributed by atoms with Gasteiger partial charge in [-0.1, -0.05) is 12.8 Å². The number of carbonyl (C=O) groups is 2. The van der Waals surface area contributed by atoms with Crippen LogP contribution in [0.4, 0.5) is 10.5 Å². The molecule has 0 fully saturated rings. The van der Waals surface area contributed by atoms with Crippen LogP contribution in [0.3, 0.4) is 0 Å². The first-order valence-corrected chi connectivity index (χ1v) is 5.77. The van der Waals surface area contributed by atoms with E-state index in [0.29, 0.717) is 6.54 Å². The molecule has 2 amide bonds. The van der Waals surface area contributed by atoms with Gasteiger partial charge in [0, 0.05) is 12.7 Å². The third-order valence-corrected chi connectivity index (χ3v) is 2.31. The highest BCUT2D eigenvalue weighted by atomic mass is 16.4. The van der Waals surface area contributed by atoms with Crippen LogP contribution < -0.4 is 5.32 Å². The van der Waals surface area contributed by atoms with E-state index >= 15 is 0 Å². The summed E-state index contributed by atoms with van der Waals surface area (Å²) in [6.07, 6.45) is 7.30. The highest BCUT2D eigenvalue weighted by Gasteiger charge is 2.16. The van der Waals surface area contributed by atoms with Gasteiger partial charge in [0.05, 0.1) is 12.2 Å². The summed E-state index contributed by atoms with van der Waals surface area (Å²) < 4.78 is 0. The quantitative estimate of drug-likeness (QED) is 0.790. The summed E-state index contributed by atoms with van der Waals surface area (Å²) in [6, 6.07) is 2.59. The molecule has 0 bridgehead atoms. The van der Waals surface area contributed by atoms with Crippen molar-refractivity contribution in [1.82, 2.24) is 9.88 Å². The normalized spacial score (nSPS) is 9.47. The van der Waals surface area contributed by atoms with Crippen molar-refractivity contribution >= 4 is 17.7 Å². The summed E-state index contributed by atoms with van der Waals surface area (Å²) in [5.74, 6) is 1.19. The molecule has 0 saturated carbocycles. The number of aromatic carboxylic acids is 1. The van der Waals surface area contributed by atoms with E-state index in [-0.39, 0.29) is 17.9 Å². The van der Waals surface area contributed by atoms with Gasteiger partial charge in [0.25, 0.3) is 0 Å². The predicted octanol–water partition coefficient (Wildman–Crippen LogP) is 1.66. The number of anilines is 1. The van der Waals surface area contributed by atoms with Gasteiger partial charge in [0.2, 0.25) is 0 Å². The van der Waals surface area contributed by atoms with E-state index in [0.717, 1.165) is 6.42 Å². The van der Waals surface area contributed by atoms with E-state index in [1.165, 1.54) is 17.2 Å². The molecule has 100 valence electrons. The van der Waals surface area contributed by atoms with Gasteiger partial charge in [-0.2, -0.15) is 0 Å². The third kappa shape index (κ3) is 4.00. The molecule has 6 nitrogen and oxygen atoms in total. The van der Waals surface area contributed by atoms with E-state index in [9.17, 15) is 9.59 Å². The number of hydrogen-bond acceptors (Lipinski definition) is 3. The Morgan fingerprint density at radius 3 is 2.89 bits per heavy atom. The molecular formula is C13H15N3O3. The van der Waals surface area contributed by atoms with Crippen molar-refractivity contribution < 1.29 is 14.7 Å². The maximum Gasteiger partial charge on any atom is 0.356 e. The summed E-state index contributed by atoms with van der Waals surface area (Å²) in [7, 11) is 0. The van der Waals surface area contributed by atoms with E-state index in [1.807, 2.05) is 6.92 Å². The second-order valence-corrected chi connectivity index (χ2v) is 3.76. The number of urea groups is 1. The number of nitrogens with zero attached hydrogens (tertiary/aromatic N) is 2. The minimum atomic E-state index is -1.20. The molecule has 0 unspecified atom stereocenters. The lowest BCUT2D eigenvalue weighted by molar-refractivity contribution is 0.0691. The number of amides is 2. The summed E-state index contributed by atoms with van der Waals surface area (Å²) in [6.45, 7) is 2.59. The van der Waals surface area contributed by atoms with Crippen LogP contribution in [0.5, 0.6) is 0 Å². The third-order valence-electron chi connectivity index (χ3n) is 2.31. The standard InChI is InChI=1S/C13H15N3O3/c1-3-8-16(9-4-2)13(19)15-10-6-5-7-14-11(10)12(17)18/h1,5-7H,4,8-9H2,2H3,(H,15,19)(H,17,18). The highest BCUT2D eigenvalue weighted by molar-refractivity contribution is 5.98. The smallest absolute Gasteiger partial charge is 0.356 e. The van der Waals surface area contributed by atoms with Crippen molar-refractivity contribution in [2.45, 2.75) is 13.3 Å². The van der Waals surface area contributed by atoms with E-state index in [2.05, 4.69) is 16.2 Å². The second kappa shape index (κ2) is 7.01. The number of terminal acetylenes is 1. The van der Waals surface area contributed by atoms with Crippen molar-refractivity contribution in [3.8, 4) is 12.3 Å². The second-order valence-electron chi connectivity index (χ2n) is 3.76. The monoisotopic (exact) mass is 261 g/mol. The lowest BCUT2D eigenvalue weighted by Crippen LogP contribution is -2.36. The predicted molar refractivity (Wildman–Crippen MR) is 70.9 cm³/mol. The molecule has 0 atom stereocenters. The van der Waals surface area contributed by atoms with Crippen molar-refractivity contribution in [2.24, 2.45) is 0 Å². The Balaban J connectivity index is 2.86. The summed E-state index contributed by atoms with van der Waals surface area (Å²) in [4.78, 5) is 28.1. The van der Waals surface area contributed by atoms with Crippen LogP contribution in [0.15, 0.2) is 18.3 Å².